The van der Waals surface area contributed by atoms with Crippen molar-refractivity contribution in [2.45, 2.75) is 42.8 Å². The minimum absolute atomic E-state index is 0.0264. The van der Waals surface area contributed by atoms with Gasteiger partial charge in [-0.05, 0) is 86.7 Å². The molecule has 1 aliphatic carbocycles. The summed E-state index contributed by atoms with van der Waals surface area (Å²) in [5.41, 5.74) is 0.277. The zero-order valence-corrected chi connectivity index (χ0v) is 21.3. The standard InChI is InChI=1S/C15H11F2I3O8S/c16-15(17,29(23,24)25)13(22)26-6-1-3-14(4-2-6)27-11-7(12(21)28-14)5-8(18)9(19)10(11)20/h5-6H,1-4H2,(H,23,24,25)/p-1. The van der Waals surface area contributed by atoms with Gasteiger partial charge in [-0.2, -0.15) is 8.78 Å². The van der Waals surface area contributed by atoms with E-state index >= 15 is 0 Å². The summed E-state index contributed by atoms with van der Waals surface area (Å²) in [5, 5.41) is -5.17. The van der Waals surface area contributed by atoms with Crippen LogP contribution in [-0.4, -0.2) is 42.1 Å². The lowest BCUT2D eigenvalue weighted by Crippen LogP contribution is -2.49. The van der Waals surface area contributed by atoms with Gasteiger partial charge in [-0.1, -0.05) is 0 Å². The van der Waals surface area contributed by atoms with Crippen LogP contribution in [0.4, 0.5) is 8.78 Å². The van der Waals surface area contributed by atoms with Crippen molar-refractivity contribution in [2.75, 3.05) is 0 Å². The first kappa shape index (κ1) is 23.6. The smallest absolute Gasteiger partial charge is 0.428 e. The highest BCUT2D eigenvalue weighted by atomic mass is 127. The number of benzene rings is 1. The Morgan fingerprint density at radius 2 is 1.79 bits per heavy atom. The lowest BCUT2D eigenvalue weighted by Gasteiger charge is -2.42. The molecule has 0 atom stereocenters. The predicted octanol–water partition coefficient (Wildman–Crippen LogP) is 3.37. The van der Waals surface area contributed by atoms with E-state index in [9.17, 15) is 31.3 Å². The molecular weight excluding hydrogens is 759 g/mol. The Hall–Kier alpha value is -0.0800. The van der Waals surface area contributed by atoms with Crippen molar-refractivity contribution in [3.05, 3.63) is 22.3 Å². The quantitative estimate of drug-likeness (QED) is 0.199. The molecule has 2 aliphatic rings. The molecule has 0 radical (unpaired) electrons. The van der Waals surface area contributed by atoms with E-state index in [4.69, 9.17) is 9.47 Å². The maximum atomic E-state index is 13.3. The molecule has 1 aliphatic heterocycles. The third-order valence-electron chi connectivity index (χ3n) is 4.42. The summed E-state index contributed by atoms with van der Waals surface area (Å²) in [6.45, 7) is 0. The van der Waals surface area contributed by atoms with Crippen LogP contribution < -0.4 is 4.74 Å². The van der Waals surface area contributed by atoms with Crippen molar-refractivity contribution in [1.82, 2.24) is 0 Å². The number of halogens is 5. The van der Waals surface area contributed by atoms with Gasteiger partial charge in [0.05, 0.1) is 3.57 Å². The maximum absolute atomic E-state index is 13.3. The van der Waals surface area contributed by atoms with Gasteiger partial charge in [-0.3, -0.25) is 0 Å². The monoisotopic (exact) mass is 769 g/mol. The lowest BCUT2D eigenvalue weighted by molar-refractivity contribution is -0.196. The summed E-state index contributed by atoms with van der Waals surface area (Å²) in [7, 11) is -6.19. The van der Waals surface area contributed by atoms with Crippen molar-refractivity contribution < 1.29 is 45.6 Å². The SMILES string of the molecule is O=C1OC2(CCC(OC(=O)C(F)(F)S(=O)(=O)[O-])CC2)Oc2c1cc(I)c(I)c2I. The Morgan fingerprint density at radius 1 is 1.21 bits per heavy atom. The van der Waals surface area contributed by atoms with Gasteiger partial charge in [0.1, 0.15) is 11.7 Å². The Balaban J connectivity index is 1.73. The van der Waals surface area contributed by atoms with Crippen molar-refractivity contribution in [2.24, 2.45) is 0 Å². The molecule has 1 spiro atoms. The zero-order chi connectivity index (χ0) is 21.8. The van der Waals surface area contributed by atoms with Gasteiger partial charge in [0.2, 0.25) is 0 Å². The summed E-state index contributed by atoms with van der Waals surface area (Å²) < 4.78 is 76.6. The average Bonchev–Trinajstić information content (AvgIpc) is 2.62. The highest BCUT2D eigenvalue weighted by Gasteiger charge is 2.51. The molecule has 14 heteroatoms. The van der Waals surface area contributed by atoms with Gasteiger partial charge in [-0.25, -0.2) is 18.0 Å². The number of carbonyl (C=O) groups excluding carboxylic acids is 2. The number of hydrogen-bond donors (Lipinski definition) is 0. The van der Waals surface area contributed by atoms with Crippen molar-refractivity contribution in [3.8, 4) is 5.75 Å². The van der Waals surface area contributed by atoms with E-state index in [2.05, 4.69) is 72.5 Å². The fraction of sp³-hybridized carbons (Fsp3) is 0.467. The first-order valence-electron chi connectivity index (χ1n) is 7.91. The fourth-order valence-electron chi connectivity index (χ4n) is 2.94. The second kappa shape index (κ2) is 8.12. The summed E-state index contributed by atoms with van der Waals surface area (Å²) in [5.74, 6) is -3.97. The van der Waals surface area contributed by atoms with E-state index in [1.807, 2.05) is 0 Å². The molecule has 0 bridgehead atoms. The normalized spacial score (nSPS) is 24.5. The zero-order valence-electron chi connectivity index (χ0n) is 14.0. The average molecular weight is 769 g/mol. The number of esters is 2. The number of rotatable bonds is 3. The van der Waals surface area contributed by atoms with Crippen LogP contribution in [0.1, 0.15) is 36.0 Å². The molecule has 1 heterocycles. The molecule has 1 aromatic rings. The molecule has 1 aromatic carbocycles. The van der Waals surface area contributed by atoms with Crippen LogP contribution >= 0.6 is 67.8 Å². The van der Waals surface area contributed by atoms with Gasteiger partial charge in [0, 0.05) is 20.0 Å². The number of carbonyl (C=O) groups is 2. The Bertz CT molecular complexity index is 990. The van der Waals surface area contributed by atoms with Gasteiger partial charge in [0.15, 0.2) is 15.9 Å². The van der Waals surface area contributed by atoms with Gasteiger partial charge < -0.3 is 18.8 Å². The maximum Gasteiger partial charge on any atom is 0.428 e. The second-order valence-corrected chi connectivity index (χ2v) is 11.1. The predicted molar refractivity (Wildman–Crippen MR) is 116 cm³/mol. The van der Waals surface area contributed by atoms with Gasteiger partial charge in [-0.15, -0.1) is 0 Å². The Kier molecular flexibility index (Phi) is 6.60. The molecule has 1 saturated carbocycles. The topological polar surface area (TPSA) is 119 Å². The van der Waals surface area contributed by atoms with Crippen LogP contribution in [0.25, 0.3) is 0 Å². The van der Waals surface area contributed by atoms with Crippen LogP contribution in [-0.2, 0) is 24.4 Å². The molecule has 3 rings (SSSR count). The summed E-state index contributed by atoms with van der Waals surface area (Å²) in [4.78, 5) is 23.9. The minimum Gasteiger partial charge on any atom is -0.743 e. The molecule has 0 saturated heterocycles. The van der Waals surface area contributed by atoms with E-state index in [1.54, 1.807) is 6.07 Å². The summed E-state index contributed by atoms with van der Waals surface area (Å²) >= 11 is 6.26. The molecule has 1 fully saturated rings. The molecule has 160 valence electrons. The summed E-state index contributed by atoms with van der Waals surface area (Å²) in [6, 6.07) is 1.65. The fourth-order valence-corrected chi connectivity index (χ4v) is 5.38. The number of hydrogen-bond acceptors (Lipinski definition) is 8. The molecule has 0 amide bonds. The van der Waals surface area contributed by atoms with Crippen molar-refractivity contribution in [1.29, 1.82) is 0 Å². The highest BCUT2D eigenvalue weighted by Crippen LogP contribution is 2.44. The van der Waals surface area contributed by atoms with Crippen molar-refractivity contribution in [3.63, 3.8) is 0 Å². The van der Waals surface area contributed by atoms with Crippen LogP contribution in [0.15, 0.2) is 6.07 Å². The second-order valence-electron chi connectivity index (χ2n) is 6.34. The molecular formula is C15H10F2I3O8S-. The van der Waals surface area contributed by atoms with Gasteiger partial charge in [0.25, 0.3) is 5.79 Å². The Morgan fingerprint density at radius 3 is 2.34 bits per heavy atom. The molecule has 0 N–H and O–H groups in total. The van der Waals surface area contributed by atoms with E-state index in [0.717, 1.165) is 10.7 Å². The van der Waals surface area contributed by atoms with E-state index in [-0.39, 0.29) is 31.2 Å². The molecule has 8 nitrogen and oxygen atoms in total. The first-order chi connectivity index (χ1) is 13.3. The van der Waals surface area contributed by atoms with Gasteiger partial charge >= 0.3 is 17.2 Å². The molecule has 0 aromatic heterocycles. The highest BCUT2D eigenvalue weighted by molar-refractivity contribution is 14.1. The number of fused-ring (bicyclic) bond motifs is 1. The lowest BCUT2D eigenvalue weighted by atomic mass is 9.90. The van der Waals surface area contributed by atoms with E-state index < -0.39 is 39.2 Å². The van der Waals surface area contributed by atoms with Crippen LogP contribution in [0.5, 0.6) is 5.75 Å². The van der Waals surface area contributed by atoms with E-state index in [0.29, 0.717) is 5.75 Å². The van der Waals surface area contributed by atoms with Crippen molar-refractivity contribution >= 4 is 89.8 Å². The number of alkyl halides is 2. The third kappa shape index (κ3) is 4.45. The third-order valence-corrected chi connectivity index (χ3v) is 10.3. The van der Waals surface area contributed by atoms with Crippen LogP contribution in [0.2, 0.25) is 0 Å². The largest absolute Gasteiger partial charge is 0.743 e. The van der Waals surface area contributed by atoms with E-state index in [1.165, 1.54) is 0 Å². The minimum atomic E-state index is -6.19. The van der Waals surface area contributed by atoms with Crippen LogP contribution in [0, 0.1) is 10.7 Å². The molecule has 0 unspecified atom stereocenters. The summed E-state index contributed by atoms with van der Waals surface area (Å²) in [6.07, 6.45) is -1.06. The first-order valence-corrected chi connectivity index (χ1v) is 12.6. The Labute approximate surface area is 204 Å². The van der Waals surface area contributed by atoms with Crippen LogP contribution in [0.3, 0.4) is 0 Å². The molecule has 29 heavy (non-hydrogen) atoms. The number of ether oxygens (including phenoxy) is 3.